The Kier molecular flexibility index (Phi) is 3.84. The Bertz CT molecular complexity index is 415. The summed E-state index contributed by atoms with van der Waals surface area (Å²) in [4.78, 5) is 13.1. The van der Waals surface area contributed by atoms with Crippen LogP contribution in [0.1, 0.15) is 15.9 Å². The van der Waals surface area contributed by atoms with Crippen molar-refractivity contribution >= 4 is 34.6 Å². The van der Waals surface area contributed by atoms with Gasteiger partial charge in [-0.1, -0.05) is 12.7 Å². The van der Waals surface area contributed by atoms with Crippen molar-refractivity contribution in [1.82, 2.24) is 4.90 Å². The molecule has 0 heterocycles. The van der Waals surface area contributed by atoms with E-state index in [1.54, 1.807) is 14.1 Å². The van der Waals surface area contributed by atoms with Gasteiger partial charge in [-0.05, 0) is 40.3 Å². The summed E-state index contributed by atoms with van der Waals surface area (Å²) in [5, 5.41) is 0. The van der Waals surface area contributed by atoms with Crippen molar-refractivity contribution < 1.29 is 9.18 Å². The number of hydrogen-bond donors (Lipinski definition) is 0. The molecule has 1 rings (SSSR count). The maximum absolute atomic E-state index is 13.2. The van der Waals surface area contributed by atoms with Crippen molar-refractivity contribution in [2.24, 2.45) is 0 Å². The van der Waals surface area contributed by atoms with E-state index < -0.39 is 5.82 Å². The number of halogens is 2. The predicted molar refractivity (Wildman–Crippen MR) is 67.2 cm³/mol. The van der Waals surface area contributed by atoms with Gasteiger partial charge < -0.3 is 4.90 Å². The molecule has 0 spiro atoms. The van der Waals surface area contributed by atoms with E-state index in [9.17, 15) is 9.18 Å². The van der Waals surface area contributed by atoms with Crippen molar-refractivity contribution in [2.45, 2.75) is 0 Å². The topological polar surface area (TPSA) is 20.3 Å². The second-order valence-electron chi connectivity index (χ2n) is 3.26. The van der Waals surface area contributed by atoms with Crippen molar-refractivity contribution in [3.8, 4) is 0 Å². The molecule has 0 atom stereocenters. The largest absolute Gasteiger partial charge is 0.345 e. The summed E-state index contributed by atoms with van der Waals surface area (Å²) in [5.41, 5.74) is 1.01. The van der Waals surface area contributed by atoms with Crippen LogP contribution in [-0.2, 0) is 0 Å². The molecule has 0 aliphatic rings. The number of amides is 1. The minimum atomic E-state index is -0.421. The van der Waals surface area contributed by atoms with Crippen LogP contribution in [0.2, 0.25) is 0 Å². The fourth-order valence-corrected chi connectivity index (χ4v) is 1.92. The molecule has 1 aromatic rings. The number of rotatable bonds is 2. The summed E-state index contributed by atoms with van der Waals surface area (Å²) in [6, 6.07) is 2.61. The Hall–Kier alpha value is -0.910. The highest BCUT2D eigenvalue weighted by molar-refractivity contribution is 14.1. The second kappa shape index (κ2) is 4.74. The SMILES string of the molecule is C=Cc1cc(F)cc(C(=O)N(C)C)c1I. The van der Waals surface area contributed by atoms with Crippen LogP contribution in [0.15, 0.2) is 18.7 Å². The van der Waals surface area contributed by atoms with Gasteiger partial charge in [0.1, 0.15) is 5.82 Å². The van der Waals surface area contributed by atoms with E-state index in [2.05, 4.69) is 6.58 Å². The monoisotopic (exact) mass is 319 g/mol. The lowest BCUT2D eigenvalue weighted by atomic mass is 10.1. The molecule has 1 aromatic carbocycles. The lowest BCUT2D eigenvalue weighted by molar-refractivity contribution is 0.0826. The minimum Gasteiger partial charge on any atom is -0.345 e. The highest BCUT2D eigenvalue weighted by Crippen LogP contribution is 2.21. The van der Waals surface area contributed by atoms with Crippen LogP contribution in [0.4, 0.5) is 4.39 Å². The van der Waals surface area contributed by atoms with Crippen LogP contribution in [0, 0.1) is 9.39 Å². The van der Waals surface area contributed by atoms with Gasteiger partial charge in [0, 0.05) is 17.7 Å². The lowest BCUT2D eigenvalue weighted by Gasteiger charge is -2.13. The molecule has 15 heavy (non-hydrogen) atoms. The number of nitrogens with zero attached hydrogens (tertiary/aromatic N) is 1. The van der Waals surface area contributed by atoms with Gasteiger partial charge in [0.15, 0.2) is 0 Å². The summed E-state index contributed by atoms with van der Waals surface area (Å²) >= 11 is 2.02. The number of benzene rings is 1. The quantitative estimate of drug-likeness (QED) is 0.768. The number of carbonyl (C=O) groups is 1. The van der Waals surface area contributed by atoms with E-state index in [0.29, 0.717) is 11.1 Å². The standard InChI is InChI=1S/C11H11FINO/c1-4-7-5-8(12)6-9(10(7)13)11(15)14(2)3/h4-6H,1H2,2-3H3. The van der Waals surface area contributed by atoms with E-state index in [4.69, 9.17) is 0 Å². The van der Waals surface area contributed by atoms with Gasteiger partial charge in [-0.2, -0.15) is 0 Å². The maximum atomic E-state index is 13.2. The molecule has 0 radical (unpaired) electrons. The first-order valence-electron chi connectivity index (χ1n) is 4.30. The van der Waals surface area contributed by atoms with Gasteiger partial charge in [0.2, 0.25) is 0 Å². The van der Waals surface area contributed by atoms with Gasteiger partial charge >= 0.3 is 0 Å². The van der Waals surface area contributed by atoms with E-state index in [1.807, 2.05) is 22.6 Å². The maximum Gasteiger partial charge on any atom is 0.254 e. The van der Waals surface area contributed by atoms with Crippen molar-refractivity contribution in [3.05, 3.63) is 39.2 Å². The van der Waals surface area contributed by atoms with Gasteiger partial charge in [-0.3, -0.25) is 4.79 Å². The minimum absolute atomic E-state index is 0.206. The Labute approximate surface area is 102 Å². The molecule has 1 amide bonds. The van der Waals surface area contributed by atoms with Crippen LogP contribution in [0.25, 0.3) is 6.08 Å². The molecule has 0 bridgehead atoms. The molecule has 0 aromatic heterocycles. The van der Waals surface area contributed by atoms with Crippen LogP contribution in [0.3, 0.4) is 0 Å². The molecular weight excluding hydrogens is 308 g/mol. The van der Waals surface area contributed by atoms with Crippen molar-refractivity contribution in [3.63, 3.8) is 0 Å². The highest BCUT2D eigenvalue weighted by Gasteiger charge is 2.15. The molecule has 80 valence electrons. The number of carbonyl (C=O) groups excluding carboxylic acids is 1. The molecule has 0 N–H and O–H groups in total. The van der Waals surface area contributed by atoms with Crippen LogP contribution >= 0.6 is 22.6 Å². The average Bonchev–Trinajstić information content (AvgIpc) is 2.19. The Morgan fingerprint density at radius 2 is 2.13 bits per heavy atom. The molecule has 0 saturated heterocycles. The first-order chi connectivity index (χ1) is 6.97. The van der Waals surface area contributed by atoms with Gasteiger partial charge in [-0.25, -0.2) is 4.39 Å². The fourth-order valence-electron chi connectivity index (χ4n) is 1.16. The third-order valence-corrected chi connectivity index (χ3v) is 3.13. The Morgan fingerprint density at radius 1 is 1.53 bits per heavy atom. The molecule has 2 nitrogen and oxygen atoms in total. The molecule has 0 saturated carbocycles. The fraction of sp³-hybridized carbons (Fsp3) is 0.182. The van der Waals surface area contributed by atoms with Crippen LogP contribution in [-0.4, -0.2) is 24.9 Å². The Balaban J connectivity index is 3.35. The zero-order valence-electron chi connectivity index (χ0n) is 8.55. The van der Waals surface area contributed by atoms with Crippen molar-refractivity contribution in [1.29, 1.82) is 0 Å². The van der Waals surface area contributed by atoms with E-state index in [-0.39, 0.29) is 5.91 Å². The molecule has 4 heteroatoms. The highest BCUT2D eigenvalue weighted by atomic mass is 127. The summed E-state index contributed by atoms with van der Waals surface area (Å²) in [7, 11) is 3.27. The third kappa shape index (κ3) is 2.56. The Morgan fingerprint density at radius 3 is 2.60 bits per heavy atom. The van der Waals surface area contributed by atoms with E-state index in [0.717, 1.165) is 3.57 Å². The third-order valence-electron chi connectivity index (χ3n) is 1.92. The molecule has 0 aliphatic carbocycles. The number of hydrogen-bond acceptors (Lipinski definition) is 1. The smallest absolute Gasteiger partial charge is 0.254 e. The molecule has 0 aliphatic heterocycles. The summed E-state index contributed by atoms with van der Waals surface area (Å²) < 4.78 is 13.9. The summed E-state index contributed by atoms with van der Waals surface area (Å²) in [6.45, 7) is 3.58. The first kappa shape index (κ1) is 12.2. The average molecular weight is 319 g/mol. The van der Waals surface area contributed by atoms with Gasteiger partial charge in [0.25, 0.3) is 5.91 Å². The molecule has 0 unspecified atom stereocenters. The normalized spacial score (nSPS) is 9.87. The summed E-state index contributed by atoms with van der Waals surface area (Å²) in [5.74, 6) is -0.627. The summed E-state index contributed by atoms with van der Waals surface area (Å²) in [6.07, 6.45) is 1.54. The van der Waals surface area contributed by atoms with Crippen LogP contribution in [0.5, 0.6) is 0 Å². The van der Waals surface area contributed by atoms with E-state index in [1.165, 1.54) is 23.1 Å². The van der Waals surface area contributed by atoms with Gasteiger partial charge in [0.05, 0.1) is 5.56 Å². The molecular formula is C11H11FINO. The molecule has 0 fully saturated rings. The van der Waals surface area contributed by atoms with Crippen LogP contribution < -0.4 is 0 Å². The first-order valence-corrected chi connectivity index (χ1v) is 5.38. The zero-order chi connectivity index (χ0) is 11.6. The second-order valence-corrected chi connectivity index (χ2v) is 4.34. The predicted octanol–water partition coefficient (Wildman–Crippen LogP) is 2.78. The zero-order valence-corrected chi connectivity index (χ0v) is 10.7. The lowest BCUT2D eigenvalue weighted by Crippen LogP contribution is -2.23. The van der Waals surface area contributed by atoms with Gasteiger partial charge in [-0.15, -0.1) is 0 Å². The van der Waals surface area contributed by atoms with Crippen molar-refractivity contribution in [2.75, 3.05) is 14.1 Å². The van der Waals surface area contributed by atoms with E-state index >= 15 is 0 Å².